The molecule has 144 valence electrons. The van der Waals surface area contributed by atoms with Crippen LogP contribution in [0.1, 0.15) is 32.1 Å². The van der Waals surface area contributed by atoms with Gasteiger partial charge in [0.1, 0.15) is 9.84 Å². The maximum Gasteiger partial charge on any atom is 0.220 e. The van der Waals surface area contributed by atoms with Crippen molar-refractivity contribution in [1.82, 2.24) is 15.5 Å². The van der Waals surface area contributed by atoms with E-state index in [9.17, 15) is 13.2 Å². The quantitative estimate of drug-likeness (QED) is 0.347. The van der Waals surface area contributed by atoms with E-state index in [0.29, 0.717) is 13.0 Å². The third kappa shape index (κ3) is 5.21. The molecule has 0 bridgehead atoms. The molecular weight excluding hydrogens is 455 g/mol. The van der Waals surface area contributed by atoms with Crippen molar-refractivity contribution in [2.75, 3.05) is 45.2 Å². The highest BCUT2D eigenvalue weighted by Gasteiger charge is 2.46. The number of carbonyl (C=O) groups excluding carboxylic acids is 1. The second kappa shape index (κ2) is 7.58. The largest absolute Gasteiger partial charge is 0.356 e. The van der Waals surface area contributed by atoms with Crippen molar-refractivity contribution in [2.24, 2.45) is 15.8 Å². The van der Waals surface area contributed by atoms with Crippen LogP contribution in [0.5, 0.6) is 0 Å². The van der Waals surface area contributed by atoms with Gasteiger partial charge < -0.3 is 15.5 Å². The van der Waals surface area contributed by atoms with Crippen LogP contribution in [0, 0.1) is 10.8 Å². The number of aliphatic imine (C=N–C) groups is 1. The molecule has 3 rings (SSSR count). The Hall–Kier alpha value is -0.580. The smallest absolute Gasteiger partial charge is 0.220 e. The van der Waals surface area contributed by atoms with Crippen LogP contribution in [-0.4, -0.2) is 70.4 Å². The number of piperidine rings is 1. The van der Waals surface area contributed by atoms with Gasteiger partial charge in [0.15, 0.2) is 5.96 Å². The highest BCUT2D eigenvalue weighted by molar-refractivity contribution is 14.0. The molecule has 1 spiro atoms. The average Bonchev–Trinajstić information content (AvgIpc) is 3.14. The third-order valence-corrected chi connectivity index (χ3v) is 6.65. The van der Waals surface area contributed by atoms with E-state index in [1.807, 2.05) is 0 Å². The predicted molar refractivity (Wildman–Crippen MR) is 109 cm³/mol. The van der Waals surface area contributed by atoms with Gasteiger partial charge in [0.25, 0.3) is 0 Å². The Bertz CT molecular complexity index is 648. The van der Waals surface area contributed by atoms with E-state index in [1.165, 1.54) is 6.26 Å². The first-order valence-electron chi connectivity index (χ1n) is 8.65. The number of nitrogens with one attached hydrogen (secondary N) is 2. The highest BCUT2D eigenvalue weighted by Crippen LogP contribution is 2.46. The molecule has 1 amide bonds. The first kappa shape index (κ1) is 20.7. The van der Waals surface area contributed by atoms with Gasteiger partial charge in [-0.05, 0) is 25.7 Å². The molecule has 2 saturated heterocycles. The number of amides is 1. The summed E-state index contributed by atoms with van der Waals surface area (Å²) in [5.41, 5.74) is -0.0984. The summed E-state index contributed by atoms with van der Waals surface area (Å²) >= 11 is 0. The minimum Gasteiger partial charge on any atom is -0.356 e. The third-order valence-electron chi connectivity index (χ3n) is 5.52. The van der Waals surface area contributed by atoms with E-state index < -0.39 is 9.84 Å². The fourth-order valence-corrected chi connectivity index (χ4v) is 5.64. The molecule has 3 aliphatic rings. The number of sulfone groups is 1. The maximum absolute atomic E-state index is 11.6. The molecule has 9 heteroatoms. The van der Waals surface area contributed by atoms with Crippen molar-refractivity contribution in [3.8, 4) is 0 Å². The lowest BCUT2D eigenvalue weighted by atomic mass is 9.79. The first-order valence-corrected chi connectivity index (χ1v) is 10.7. The van der Waals surface area contributed by atoms with Gasteiger partial charge in [0, 0.05) is 56.7 Å². The normalized spacial score (nSPS) is 28.5. The lowest BCUT2D eigenvalue weighted by molar-refractivity contribution is -0.119. The van der Waals surface area contributed by atoms with Gasteiger partial charge in [-0.25, -0.2) is 8.42 Å². The Morgan fingerprint density at radius 1 is 1.36 bits per heavy atom. The topological polar surface area (TPSA) is 90.9 Å². The summed E-state index contributed by atoms with van der Waals surface area (Å²) < 4.78 is 23.2. The van der Waals surface area contributed by atoms with Crippen LogP contribution in [0.15, 0.2) is 4.99 Å². The molecule has 25 heavy (non-hydrogen) atoms. The number of hydrogen-bond donors (Lipinski definition) is 2. The summed E-state index contributed by atoms with van der Waals surface area (Å²) in [6, 6.07) is 0. The minimum absolute atomic E-state index is 0. The Kier molecular flexibility index (Phi) is 6.28. The lowest BCUT2D eigenvalue weighted by Crippen LogP contribution is -2.52. The molecule has 7 nitrogen and oxygen atoms in total. The Labute approximate surface area is 167 Å². The van der Waals surface area contributed by atoms with Gasteiger partial charge in [-0.15, -0.1) is 24.0 Å². The summed E-state index contributed by atoms with van der Waals surface area (Å²) in [5.74, 6) is 1.21. The number of carbonyl (C=O) groups is 1. The van der Waals surface area contributed by atoms with E-state index >= 15 is 0 Å². The number of halogens is 1. The Morgan fingerprint density at radius 3 is 2.60 bits per heavy atom. The average molecular weight is 484 g/mol. The van der Waals surface area contributed by atoms with Gasteiger partial charge in [-0.3, -0.25) is 9.79 Å². The molecule has 2 N–H and O–H groups in total. The van der Waals surface area contributed by atoms with Crippen molar-refractivity contribution in [2.45, 2.75) is 32.1 Å². The zero-order chi connectivity index (χ0) is 17.4. The van der Waals surface area contributed by atoms with Crippen molar-refractivity contribution in [1.29, 1.82) is 0 Å². The maximum atomic E-state index is 11.6. The molecule has 3 fully saturated rings. The highest BCUT2D eigenvalue weighted by atomic mass is 127. The van der Waals surface area contributed by atoms with Crippen LogP contribution >= 0.6 is 24.0 Å². The summed E-state index contributed by atoms with van der Waals surface area (Å²) in [6.45, 7) is 3.14. The molecule has 1 atom stereocenters. The van der Waals surface area contributed by atoms with Crippen LogP contribution in [0.4, 0.5) is 0 Å². The second-order valence-corrected chi connectivity index (χ2v) is 10.1. The monoisotopic (exact) mass is 484 g/mol. The van der Waals surface area contributed by atoms with Crippen molar-refractivity contribution in [3.63, 3.8) is 0 Å². The molecule has 0 aromatic heterocycles. The van der Waals surface area contributed by atoms with E-state index in [-0.39, 0.29) is 46.5 Å². The second-order valence-electron chi connectivity index (χ2n) is 7.95. The van der Waals surface area contributed by atoms with Crippen molar-refractivity contribution in [3.05, 3.63) is 0 Å². The molecular formula is C16H29IN4O3S. The molecule has 1 saturated carbocycles. The Balaban J connectivity index is 0.00000225. The van der Waals surface area contributed by atoms with Gasteiger partial charge in [0.05, 0.1) is 5.75 Å². The summed E-state index contributed by atoms with van der Waals surface area (Å²) in [6.07, 6.45) is 5.92. The molecule has 2 heterocycles. The van der Waals surface area contributed by atoms with E-state index in [1.54, 1.807) is 7.05 Å². The summed E-state index contributed by atoms with van der Waals surface area (Å²) in [7, 11) is -1.20. The minimum atomic E-state index is -2.96. The predicted octanol–water partition coefficient (Wildman–Crippen LogP) is 0.607. The van der Waals surface area contributed by atoms with Crippen LogP contribution in [0.25, 0.3) is 0 Å². The van der Waals surface area contributed by atoms with Crippen LogP contribution in [0.3, 0.4) is 0 Å². The van der Waals surface area contributed by atoms with Gasteiger partial charge in [-0.1, -0.05) is 0 Å². The number of guanidine groups is 1. The number of nitrogens with zero attached hydrogens (tertiary/aromatic N) is 2. The van der Waals surface area contributed by atoms with E-state index in [0.717, 1.165) is 51.3 Å². The van der Waals surface area contributed by atoms with Crippen LogP contribution < -0.4 is 10.6 Å². The first-order chi connectivity index (χ1) is 11.2. The Morgan fingerprint density at radius 2 is 2.08 bits per heavy atom. The van der Waals surface area contributed by atoms with Gasteiger partial charge in [-0.2, -0.15) is 0 Å². The van der Waals surface area contributed by atoms with Crippen molar-refractivity contribution >= 4 is 45.7 Å². The fraction of sp³-hybridized carbons (Fsp3) is 0.875. The van der Waals surface area contributed by atoms with E-state index in [4.69, 9.17) is 0 Å². The van der Waals surface area contributed by atoms with Crippen LogP contribution in [0.2, 0.25) is 0 Å². The lowest BCUT2D eigenvalue weighted by Gasteiger charge is -2.41. The molecule has 0 aromatic carbocycles. The van der Waals surface area contributed by atoms with Crippen molar-refractivity contribution < 1.29 is 13.2 Å². The molecule has 1 aliphatic carbocycles. The van der Waals surface area contributed by atoms with Gasteiger partial charge >= 0.3 is 0 Å². The molecule has 1 unspecified atom stereocenters. The summed E-state index contributed by atoms with van der Waals surface area (Å²) in [5, 5.41) is 6.35. The summed E-state index contributed by atoms with van der Waals surface area (Å²) in [4.78, 5) is 18.2. The van der Waals surface area contributed by atoms with Gasteiger partial charge in [0.2, 0.25) is 5.91 Å². The number of hydrogen-bond acceptors (Lipinski definition) is 4. The molecule has 0 aromatic rings. The van der Waals surface area contributed by atoms with Crippen LogP contribution in [-0.2, 0) is 14.6 Å². The molecule has 2 aliphatic heterocycles. The standard InChI is InChI=1S/C16H28N4O3S.HI/c1-17-14(19-9-15(5-6-15)12-24(2,22)23)20-7-3-4-16(11-20)8-13(21)18-10-16;/h3-12H2,1-2H3,(H,17,19)(H,18,21);1H. The SMILES string of the molecule is CN=C(NCC1(CS(C)(=O)=O)CC1)N1CCCC2(CNC(=O)C2)C1.I. The zero-order valence-electron chi connectivity index (χ0n) is 15.0. The fourth-order valence-electron chi connectivity index (χ4n) is 4.13. The van der Waals surface area contributed by atoms with E-state index in [2.05, 4.69) is 20.5 Å². The number of rotatable bonds is 4. The zero-order valence-corrected chi connectivity index (χ0v) is 18.2. The number of likely N-dealkylation sites (tertiary alicyclic amines) is 1. The molecule has 0 radical (unpaired) electrons.